The van der Waals surface area contributed by atoms with E-state index in [1.165, 1.54) is 12.1 Å². The van der Waals surface area contributed by atoms with Crippen LogP contribution in [-0.4, -0.2) is 27.3 Å². The maximum atomic E-state index is 13.0. The fourth-order valence-electron chi connectivity index (χ4n) is 1.58. The van der Waals surface area contributed by atoms with Gasteiger partial charge in [0.1, 0.15) is 0 Å². The van der Waals surface area contributed by atoms with E-state index in [4.69, 9.17) is 11.6 Å². The molecule has 1 aromatic carbocycles. The Morgan fingerprint density at radius 1 is 1.37 bits per heavy atom. The summed E-state index contributed by atoms with van der Waals surface area (Å²) in [5.41, 5.74) is -1.04. The molecule has 0 atom stereocenters. The summed E-state index contributed by atoms with van der Waals surface area (Å²) in [5.74, 6) is 0.273. The largest absolute Gasteiger partial charge is 0.418 e. The Balaban J connectivity index is 2.58. The van der Waals surface area contributed by atoms with Gasteiger partial charge in [0.2, 0.25) is 0 Å². The molecule has 1 N–H and O–H groups in total. The predicted octanol–water partition coefficient (Wildman–Crippen LogP) is 2.05. The van der Waals surface area contributed by atoms with E-state index in [0.717, 1.165) is 10.7 Å². The second-order valence-electron chi connectivity index (χ2n) is 3.70. The summed E-state index contributed by atoms with van der Waals surface area (Å²) in [6.45, 7) is 0.243. The zero-order valence-corrected chi connectivity index (χ0v) is 10.5. The van der Waals surface area contributed by atoms with Gasteiger partial charge < -0.3 is 5.32 Å². The average molecular weight is 292 g/mol. The summed E-state index contributed by atoms with van der Waals surface area (Å²) in [7, 11) is 1.64. The topological polar surface area (TPSA) is 55.6 Å². The van der Waals surface area contributed by atoms with Crippen molar-refractivity contribution < 1.29 is 13.2 Å². The van der Waals surface area contributed by atoms with Crippen molar-refractivity contribution in [1.29, 1.82) is 0 Å². The van der Waals surface area contributed by atoms with Crippen LogP contribution in [0.15, 0.2) is 18.2 Å². The number of nitrogens with zero attached hydrogens (tertiary/aromatic N) is 4. The van der Waals surface area contributed by atoms with Gasteiger partial charge in [-0.1, -0.05) is 11.6 Å². The van der Waals surface area contributed by atoms with E-state index >= 15 is 0 Å². The van der Waals surface area contributed by atoms with Gasteiger partial charge in [-0.15, -0.1) is 5.10 Å². The zero-order valence-electron chi connectivity index (χ0n) is 9.74. The van der Waals surface area contributed by atoms with Crippen molar-refractivity contribution in [3.63, 3.8) is 0 Å². The van der Waals surface area contributed by atoms with Crippen LogP contribution in [0.5, 0.6) is 0 Å². The molecule has 102 valence electrons. The van der Waals surface area contributed by atoms with Crippen LogP contribution in [0.2, 0.25) is 5.02 Å². The van der Waals surface area contributed by atoms with Crippen LogP contribution in [0.1, 0.15) is 11.4 Å². The third-order valence-electron chi connectivity index (χ3n) is 2.36. The normalized spacial score (nSPS) is 11.8. The van der Waals surface area contributed by atoms with Crippen molar-refractivity contribution in [3.05, 3.63) is 34.6 Å². The lowest BCUT2D eigenvalue weighted by Gasteiger charge is -2.13. The first-order chi connectivity index (χ1) is 8.93. The molecule has 0 radical (unpaired) electrons. The highest BCUT2D eigenvalue weighted by Crippen LogP contribution is 2.35. The van der Waals surface area contributed by atoms with E-state index in [1.54, 1.807) is 7.05 Å². The van der Waals surface area contributed by atoms with Crippen molar-refractivity contribution in [2.45, 2.75) is 12.7 Å². The number of benzene rings is 1. The van der Waals surface area contributed by atoms with Crippen molar-refractivity contribution in [2.24, 2.45) is 0 Å². The van der Waals surface area contributed by atoms with Crippen LogP contribution in [0.25, 0.3) is 5.69 Å². The molecule has 0 unspecified atom stereocenters. The summed E-state index contributed by atoms with van der Waals surface area (Å²) in [6, 6.07) is 3.44. The lowest BCUT2D eigenvalue weighted by atomic mass is 10.1. The molecule has 0 amide bonds. The smallest absolute Gasteiger partial charge is 0.313 e. The van der Waals surface area contributed by atoms with Crippen LogP contribution in [0.3, 0.4) is 0 Å². The Kier molecular flexibility index (Phi) is 3.72. The van der Waals surface area contributed by atoms with E-state index < -0.39 is 11.7 Å². The van der Waals surface area contributed by atoms with Gasteiger partial charge in [-0.3, -0.25) is 0 Å². The third kappa shape index (κ3) is 2.85. The number of tetrazole rings is 1. The first kappa shape index (κ1) is 13.8. The van der Waals surface area contributed by atoms with Gasteiger partial charge in [-0.05, 0) is 35.7 Å². The molecule has 2 aromatic rings. The lowest BCUT2D eigenvalue weighted by molar-refractivity contribution is -0.137. The summed E-state index contributed by atoms with van der Waals surface area (Å²) in [5, 5.41) is 13.4. The summed E-state index contributed by atoms with van der Waals surface area (Å²) in [4.78, 5) is 0. The minimum atomic E-state index is -4.54. The molecule has 1 heterocycles. The van der Waals surface area contributed by atoms with Gasteiger partial charge in [-0.25, -0.2) is 0 Å². The maximum absolute atomic E-state index is 13.0. The quantitative estimate of drug-likeness (QED) is 0.940. The number of hydrogen-bond acceptors (Lipinski definition) is 4. The van der Waals surface area contributed by atoms with Gasteiger partial charge in [0.05, 0.1) is 17.8 Å². The number of rotatable bonds is 3. The molecule has 0 spiro atoms. The van der Waals surface area contributed by atoms with E-state index in [1.807, 2.05) is 0 Å². The van der Waals surface area contributed by atoms with Gasteiger partial charge in [0.15, 0.2) is 5.82 Å². The first-order valence-corrected chi connectivity index (χ1v) is 5.60. The second kappa shape index (κ2) is 5.14. The fourth-order valence-corrected chi connectivity index (χ4v) is 1.75. The monoisotopic (exact) mass is 291 g/mol. The fraction of sp³-hybridized carbons (Fsp3) is 0.300. The molecule has 0 aliphatic heterocycles. The van der Waals surface area contributed by atoms with Crippen LogP contribution < -0.4 is 5.32 Å². The number of nitrogens with one attached hydrogen (secondary N) is 1. The Hall–Kier alpha value is -1.67. The van der Waals surface area contributed by atoms with E-state index in [0.29, 0.717) is 0 Å². The molecule has 0 bridgehead atoms. The van der Waals surface area contributed by atoms with Crippen LogP contribution >= 0.6 is 11.6 Å². The zero-order chi connectivity index (χ0) is 14.0. The molecular formula is C10H9ClF3N5. The van der Waals surface area contributed by atoms with E-state index in [9.17, 15) is 13.2 Å². The standard InChI is InChI=1S/C10H9ClF3N5/c1-15-5-9-16-17-18-19(9)8-3-2-6(11)4-7(8)10(12,13)14/h2-4,15H,5H2,1H3. The molecule has 0 aliphatic carbocycles. The Morgan fingerprint density at radius 3 is 2.74 bits per heavy atom. The third-order valence-corrected chi connectivity index (χ3v) is 2.60. The molecule has 0 saturated carbocycles. The second-order valence-corrected chi connectivity index (χ2v) is 4.13. The number of aromatic nitrogens is 4. The number of hydrogen-bond donors (Lipinski definition) is 1. The minimum Gasteiger partial charge on any atom is -0.313 e. The molecule has 9 heteroatoms. The molecular weight excluding hydrogens is 283 g/mol. The molecule has 0 saturated heterocycles. The molecule has 1 aromatic heterocycles. The van der Waals surface area contributed by atoms with E-state index in [2.05, 4.69) is 20.8 Å². The molecule has 0 aliphatic rings. The highest BCUT2D eigenvalue weighted by atomic mass is 35.5. The predicted molar refractivity (Wildman–Crippen MR) is 61.9 cm³/mol. The number of alkyl halides is 3. The van der Waals surface area contributed by atoms with Crippen molar-refractivity contribution in [3.8, 4) is 5.69 Å². The highest BCUT2D eigenvalue weighted by molar-refractivity contribution is 6.30. The van der Waals surface area contributed by atoms with Crippen molar-refractivity contribution >= 4 is 11.6 Å². The van der Waals surface area contributed by atoms with Crippen LogP contribution in [-0.2, 0) is 12.7 Å². The lowest BCUT2D eigenvalue weighted by Crippen LogP contribution is -2.16. The molecule has 19 heavy (non-hydrogen) atoms. The summed E-state index contributed by atoms with van der Waals surface area (Å²) < 4.78 is 40.0. The average Bonchev–Trinajstić information content (AvgIpc) is 2.76. The van der Waals surface area contributed by atoms with Crippen LogP contribution in [0.4, 0.5) is 13.2 Å². The van der Waals surface area contributed by atoms with Gasteiger partial charge >= 0.3 is 6.18 Å². The van der Waals surface area contributed by atoms with Crippen molar-refractivity contribution in [2.75, 3.05) is 7.05 Å². The SMILES string of the molecule is CNCc1nnnn1-c1ccc(Cl)cc1C(F)(F)F. The molecule has 0 fully saturated rings. The minimum absolute atomic E-state index is 0.000633. The maximum Gasteiger partial charge on any atom is 0.418 e. The summed E-state index contributed by atoms with van der Waals surface area (Å²) >= 11 is 5.61. The van der Waals surface area contributed by atoms with Crippen molar-refractivity contribution in [1.82, 2.24) is 25.5 Å². The Bertz CT molecular complexity index is 581. The van der Waals surface area contributed by atoms with E-state index in [-0.39, 0.29) is 23.1 Å². The number of halogens is 4. The van der Waals surface area contributed by atoms with Crippen LogP contribution in [0, 0.1) is 0 Å². The highest BCUT2D eigenvalue weighted by Gasteiger charge is 2.35. The summed E-state index contributed by atoms with van der Waals surface area (Å²) in [6.07, 6.45) is -4.54. The van der Waals surface area contributed by atoms with Gasteiger partial charge in [0, 0.05) is 5.02 Å². The van der Waals surface area contributed by atoms with Gasteiger partial charge in [0.25, 0.3) is 0 Å². The first-order valence-electron chi connectivity index (χ1n) is 5.22. The molecule has 5 nitrogen and oxygen atoms in total. The van der Waals surface area contributed by atoms with Gasteiger partial charge in [-0.2, -0.15) is 17.9 Å². The Morgan fingerprint density at radius 2 is 2.11 bits per heavy atom. The Labute approximate surface area is 111 Å². The molecule has 2 rings (SSSR count).